The third-order valence-corrected chi connectivity index (χ3v) is 4.77. The maximum atomic E-state index is 11.1. The Hall–Kier alpha value is -1.85. The summed E-state index contributed by atoms with van der Waals surface area (Å²) >= 11 is 0. The van der Waals surface area contributed by atoms with Gasteiger partial charge in [-0.05, 0) is 44.4 Å². The molecule has 1 aliphatic carbocycles. The van der Waals surface area contributed by atoms with Crippen molar-refractivity contribution in [2.24, 2.45) is 11.7 Å². The van der Waals surface area contributed by atoms with Gasteiger partial charge in [0.1, 0.15) is 6.10 Å². The second-order valence-corrected chi connectivity index (χ2v) is 6.72. The smallest absolute Gasteiger partial charge is 0.234 e. The number of carbonyl (C=O) groups is 1. The molecule has 1 saturated carbocycles. The number of aromatic nitrogens is 2. The van der Waals surface area contributed by atoms with Crippen molar-refractivity contribution in [3.05, 3.63) is 12.4 Å². The predicted octanol–water partition coefficient (Wildman–Crippen LogP) is 2.28. The average Bonchev–Trinajstić information content (AvgIpc) is 2.56. The van der Waals surface area contributed by atoms with Crippen LogP contribution < -0.4 is 15.4 Å². The monoisotopic (exact) mass is 318 g/mol. The van der Waals surface area contributed by atoms with Crippen LogP contribution in [-0.4, -0.2) is 35.1 Å². The molecule has 126 valence electrons. The molecule has 2 aliphatic rings. The number of carbonyl (C=O) groups excluding carboxylic acids is 1. The maximum absolute atomic E-state index is 11.1. The summed E-state index contributed by atoms with van der Waals surface area (Å²) in [6.07, 6.45) is 12.3. The summed E-state index contributed by atoms with van der Waals surface area (Å²) in [4.78, 5) is 22.3. The summed E-state index contributed by atoms with van der Waals surface area (Å²) in [5, 5.41) is 0. The first-order valence-electron chi connectivity index (χ1n) is 8.72. The Kier molecular flexibility index (Phi) is 5.31. The third kappa shape index (κ3) is 4.56. The molecule has 1 unspecified atom stereocenters. The summed E-state index contributed by atoms with van der Waals surface area (Å²) in [5.74, 6) is 1.54. The standard InChI is InChI=1S/C17H26N4O2/c18-15(22)9-13-5-4-8-21(12-13)16-10-19-11-17(20-16)23-14-6-2-1-3-7-14/h10-11,13-14H,1-9,12H2,(H2,18,22). The van der Waals surface area contributed by atoms with Crippen LogP contribution in [0.1, 0.15) is 51.4 Å². The zero-order valence-electron chi connectivity index (χ0n) is 13.6. The largest absolute Gasteiger partial charge is 0.473 e. The summed E-state index contributed by atoms with van der Waals surface area (Å²) in [5.41, 5.74) is 5.33. The Bertz CT molecular complexity index is 531. The van der Waals surface area contributed by atoms with Gasteiger partial charge in [0.2, 0.25) is 11.8 Å². The van der Waals surface area contributed by atoms with E-state index in [4.69, 9.17) is 10.5 Å². The number of primary amides is 1. The molecule has 3 rings (SSSR count). The van der Waals surface area contributed by atoms with Crippen molar-refractivity contribution < 1.29 is 9.53 Å². The van der Waals surface area contributed by atoms with E-state index in [9.17, 15) is 4.79 Å². The van der Waals surface area contributed by atoms with Crippen LogP contribution in [-0.2, 0) is 4.79 Å². The van der Waals surface area contributed by atoms with E-state index in [1.54, 1.807) is 12.4 Å². The minimum Gasteiger partial charge on any atom is -0.473 e. The van der Waals surface area contributed by atoms with Gasteiger partial charge in [0, 0.05) is 19.5 Å². The van der Waals surface area contributed by atoms with Crippen LogP contribution in [0.4, 0.5) is 5.82 Å². The third-order valence-electron chi connectivity index (χ3n) is 4.77. The number of rotatable bonds is 5. The topological polar surface area (TPSA) is 81.3 Å². The molecule has 2 heterocycles. The van der Waals surface area contributed by atoms with Crippen molar-refractivity contribution in [2.45, 2.75) is 57.5 Å². The lowest BCUT2D eigenvalue weighted by atomic mass is 9.94. The Morgan fingerprint density at radius 3 is 2.83 bits per heavy atom. The lowest BCUT2D eigenvalue weighted by molar-refractivity contribution is -0.118. The van der Waals surface area contributed by atoms with Gasteiger partial charge in [0.05, 0.1) is 12.4 Å². The number of hydrogen-bond acceptors (Lipinski definition) is 5. The van der Waals surface area contributed by atoms with Crippen LogP contribution in [0.15, 0.2) is 12.4 Å². The van der Waals surface area contributed by atoms with Crippen molar-refractivity contribution in [3.8, 4) is 5.88 Å². The molecule has 0 spiro atoms. The van der Waals surface area contributed by atoms with E-state index in [2.05, 4.69) is 14.9 Å². The van der Waals surface area contributed by atoms with Gasteiger partial charge in [-0.15, -0.1) is 0 Å². The zero-order chi connectivity index (χ0) is 16.1. The highest BCUT2D eigenvalue weighted by molar-refractivity contribution is 5.74. The molecule has 6 heteroatoms. The van der Waals surface area contributed by atoms with E-state index < -0.39 is 0 Å². The SMILES string of the molecule is NC(=O)CC1CCCN(c2cncc(OC3CCCCC3)n2)C1. The molecular weight excluding hydrogens is 292 g/mol. The minimum atomic E-state index is -0.225. The van der Waals surface area contributed by atoms with Crippen LogP contribution in [0, 0.1) is 5.92 Å². The first kappa shape index (κ1) is 16.0. The number of hydrogen-bond donors (Lipinski definition) is 1. The second kappa shape index (κ2) is 7.62. The van der Waals surface area contributed by atoms with E-state index in [0.717, 1.165) is 44.6 Å². The van der Waals surface area contributed by atoms with Gasteiger partial charge >= 0.3 is 0 Å². The van der Waals surface area contributed by atoms with E-state index >= 15 is 0 Å². The maximum Gasteiger partial charge on any atom is 0.234 e. The zero-order valence-corrected chi connectivity index (χ0v) is 13.6. The fraction of sp³-hybridized carbons (Fsp3) is 0.706. The minimum absolute atomic E-state index is 0.225. The molecule has 2 N–H and O–H groups in total. The Morgan fingerprint density at radius 2 is 2.04 bits per heavy atom. The van der Waals surface area contributed by atoms with Crippen molar-refractivity contribution in [2.75, 3.05) is 18.0 Å². The highest BCUT2D eigenvalue weighted by Crippen LogP contribution is 2.26. The van der Waals surface area contributed by atoms with Crippen molar-refractivity contribution in [1.82, 2.24) is 9.97 Å². The van der Waals surface area contributed by atoms with Gasteiger partial charge in [-0.25, -0.2) is 0 Å². The molecule has 1 aromatic heterocycles. The molecule has 0 aromatic carbocycles. The van der Waals surface area contributed by atoms with E-state index in [1.165, 1.54) is 19.3 Å². The van der Waals surface area contributed by atoms with E-state index in [1.807, 2.05) is 0 Å². The molecule has 6 nitrogen and oxygen atoms in total. The van der Waals surface area contributed by atoms with Crippen LogP contribution in [0.2, 0.25) is 0 Å². The molecule has 1 amide bonds. The molecule has 23 heavy (non-hydrogen) atoms. The van der Waals surface area contributed by atoms with Crippen molar-refractivity contribution in [1.29, 1.82) is 0 Å². The average molecular weight is 318 g/mol. The van der Waals surface area contributed by atoms with Gasteiger partial charge in [0.15, 0.2) is 5.82 Å². The number of piperidine rings is 1. The number of ether oxygens (including phenoxy) is 1. The molecule has 2 fully saturated rings. The highest BCUT2D eigenvalue weighted by atomic mass is 16.5. The first-order valence-corrected chi connectivity index (χ1v) is 8.72. The van der Waals surface area contributed by atoms with Crippen LogP contribution >= 0.6 is 0 Å². The molecule has 1 atom stereocenters. The number of amides is 1. The summed E-state index contributed by atoms with van der Waals surface area (Å²) in [6, 6.07) is 0. The fourth-order valence-electron chi connectivity index (χ4n) is 3.63. The van der Waals surface area contributed by atoms with Gasteiger partial charge in [-0.3, -0.25) is 9.78 Å². The lowest BCUT2D eigenvalue weighted by Gasteiger charge is -2.33. The van der Waals surface area contributed by atoms with Crippen molar-refractivity contribution in [3.63, 3.8) is 0 Å². The summed E-state index contributed by atoms with van der Waals surface area (Å²) in [7, 11) is 0. The lowest BCUT2D eigenvalue weighted by Crippen LogP contribution is -2.37. The first-order chi connectivity index (χ1) is 11.2. The second-order valence-electron chi connectivity index (χ2n) is 6.72. The highest BCUT2D eigenvalue weighted by Gasteiger charge is 2.23. The van der Waals surface area contributed by atoms with Gasteiger partial charge in [-0.2, -0.15) is 4.98 Å². The predicted molar refractivity (Wildman–Crippen MR) is 88.3 cm³/mol. The van der Waals surface area contributed by atoms with Crippen LogP contribution in [0.5, 0.6) is 5.88 Å². The van der Waals surface area contributed by atoms with Gasteiger partial charge in [-0.1, -0.05) is 6.42 Å². The van der Waals surface area contributed by atoms with E-state index in [-0.39, 0.29) is 12.0 Å². The molecule has 1 saturated heterocycles. The Balaban J connectivity index is 1.62. The van der Waals surface area contributed by atoms with E-state index in [0.29, 0.717) is 18.2 Å². The molecule has 1 aliphatic heterocycles. The Labute approximate surface area is 137 Å². The normalized spacial score (nSPS) is 22.8. The molecule has 0 radical (unpaired) electrons. The summed E-state index contributed by atoms with van der Waals surface area (Å²) < 4.78 is 6.00. The molecule has 1 aromatic rings. The molecule has 0 bridgehead atoms. The number of anilines is 1. The number of nitrogens with zero attached hydrogens (tertiary/aromatic N) is 3. The Morgan fingerprint density at radius 1 is 1.22 bits per heavy atom. The van der Waals surface area contributed by atoms with Crippen molar-refractivity contribution >= 4 is 11.7 Å². The summed E-state index contributed by atoms with van der Waals surface area (Å²) in [6.45, 7) is 1.75. The molecular formula is C17H26N4O2. The van der Waals surface area contributed by atoms with Crippen LogP contribution in [0.25, 0.3) is 0 Å². The fourth-order valence-corrected chi connectivity index (χ4v) is 3.63. The van der Waals surface area contributed by atoms with Gasteiger partial charge < -0.3 is 15.4 Å². The quantitative estimate of drug-likeness (QED) is 0.900. The van der Waals surface area contributed by atoms with Gasteiger partial charge in [0.25, 0.3) is 0 Å². The van der Waals surface area contributed by atoms with Crippen LogP contribution in [0.3, 0.4) is 0 Å². The number of nitrogens with two attached hydrogens (primary N) is 1.